The van der Waals surface area contributed by atoms with Gasteiger partial charge in [-0.2, -0.15) is 0 Å². The minimum atomic E-state index is 0.0331. The van der Waals surface area contributed by atoms with Crippen LogP contribution >= 0.6 is 0 Å². The van der Waals surface area contributed by atoms with Crippen molar-refractivity contribution >= 4 is 20.4 Å². The third-order valence-electron chi connectivity index (χ3n) is 4.46. The molecule has 2 aliphatic carbocycles. The third kappa shape index (κ3) is 1.36. The molecule has 2 heteroatoms. The maximum absolute atomic E-state index is 6.31. The molecule has 1 aromatic heterocycles. The van der Waals surface area contributed by atoms with Crippen LogP contribution in [0, 0.1) is 0 Å². The van der Waals surface area contributed by atoms with Crippen molar-refractivity contribution in [2.75, 3.05) is 0 Å². The van der Waals surface area contributed by atoms with Crippen molar-refractivity contribution in [3.05, 3.63) is 12.7 Å². The molecule has 0 amide bonds. The quantitative estimate of drug-likeness (QED) is 0.665. The first-order valence-corrected chi connectivity index (χ1v) is 9.07. The van der Waals surface area contributed by atoms with Gasteiger partial charge in [-0.25, -0.2) is 0 Å². The predicted molar refractivity (Wildman–Crippen MR) is 65.6 cm³/mol. The van der Waals surface area contributed by atoms with Gasteiger partial charge in [0.15, 0.2) is 0 Å². The summed E-state index contributed by atoms with van der Waals surface area (Å²) in [5, 5.41) is 0. The van der Waals surface area contributed by atoms with Crippen molar-refractivity contribution in [2.45, 2.75) is 63.4 Å². The molecule has 0 spiro atoms. The van der Waals surface area contributed by atoms with E-state index in [0.717, 1.165) is 5.92 Å². The third-order valence-corrected chi connectivity index (χ3v) is 8.47. The van der Waals surface area contributed by atoms with Gasteiger partial charge >= 0.3 is 107 Å². The Kier molecular flexibility index (Phi) is 2.37. The molecule has 86 valence electrons. The molecule has 1 saturated carbocycles. The summed E-state index contributed by atoms with van der Waals surface area (Å²) in [6.07, 6.45) is 11.8. The summed E-state index contributed by atoms with van der Waals surface area (Å²) in [7, 11) is 0. The van der Waals surface area contributed by atoms with Crippen LogP contribution in [-0.2, 0) is 12.8 Å². The SMILES string of the molecule is C1CCc2c([te]c3c2OC2CCCCC32)C1. The molecule has 2 atom stereocenters. The molecule has 0 aromatic carbocycles. The van der Waals surface area contributed by atoms with Crippen LogP contribution in [0.4, 0.5) is 0 Å². The van der Waals surface area contributed by atoms with Crippen molar-refractivity contribution in [1.29, 1.82) is 0 Å². The zero-order chi connectivity index (χ0) is 10.5. The van der Waals surface area contributed by atoms with E-state index in [2.05, 4.69) is 0 Å². The summed E-state index contributed by atoms with van der Waals surface area (Å²) in [5.41, 5.74) is 1.69. The summed E-state index contributed by atoms with van der Waals surface area (Å²) in [6, 6.07) is 0. The minimum absolute atomic E-state index is 0.0331. The fourth-order valence-corrected chi connectivity index (χ4v) is 7.94. The molecule has 1 nitrogen and oxygen atoms in total. The molecular formula is C14H18OTe. The van der Waals surface area contributed by atoms with E-state index in [1.54, 1.807) is 5.56 Å². The second kappa shape index (κ2) is 3.79. The van der Waals surface area contributed by atoms with Crippen LogP contribution < -0.4 is 4.74 Å². The number of ether oxygens (including phenoxy) is 1. The van der Waals surface area contributed by atoms with Gasteiger partial charge < -0.3 is 0 Å². The van der Waals surface area contributed by atoms with E-state index in [1.807, 2.05) is 7.16 Å². The molecule has 2 heterocycles. The molecule has 4 rings (SSSR count). The summed E-state index contributed by atoms with van der Waals surface area (Å²) < 4.78 is 10.0. The molecule has 1 aromatic rings. The number of hydrogen-bond donors (Lipinski definition) is 0. The average Bonchev–Trinajstić information content (AvgIpc) is 2.85. The van der Waals surface area contributed by atoms with Crippen molar-refractivity contribution in [3.8, 4) is 5.75 Å². The average molecular weight is 330 g/mol. The monoisotopic (exact) mass is 332 g/mol. The molecule has 0 bridgehead atoms. The predicted octanol–water partition coefficient (Wildman–Crippen LogP) is 3.04. The van der Waals surface area contributed by atoms with E-state index in [-0.39, 0.29) is 20.4 Å². The zero-order valence-electron chi connectivity index (χ0n) is 9.63. The van der Waals surface area contributed by atoms with Crippen molar-refractivity contribution < 1.29 is 4.74 Å². The van der Waals surface area contributed by atoms with E-state index in [0.29, 0.717) is 6.10 Å². The van der Waals surface area contributed by atoms with E-state index >= 15 is 0 Å². The molecule has 0 N–H and O–H groups in total. The zero-order valence-corrected chi connectivity index (χ0v) is 12.0. The molecule has 1 aliphatic heterocycles. The van der Waals surface area contributed by atoms with Gasteiger partial charge in [0.05, 0.1) is 0 Å². The summed E-state index contributed by atoms with van der Waals surface area (Å²) >= 11 is 0.0331. The molecule has 16 heavy (non-hydrogen) atoms. The first kappa shape index (κ1) is 10.0. The Hall–Kier alpha value is 0.0696. The summed E-state index contributed by atoms with van der Waals surface area (Å²) in [6.45, 7) is 0. The van der Waals surface area contributed by atoms with E-state index < -0.39 is 0 Å². The first-order chi connectivity index (χ1) is 7.93. The molecular weight excluding hydrogens is 312 g/mol. The van der Waals surface area contributed by atoms with Gasteiger partial charge in [0.25, 0.3) is 0 Å². The Labute approximate surface area is 107 Å². The Morgan fingerprint density at radius 1 is 1.00 bits per heavy atom. The molecule has 1 fully saturated rings. The van der Waals surface area contributed by atoms with Crippen LogP contribution in [0.5, 0.6) is 5.75 Å². The van der Waals surface area contributed by atoms with Gasteiger partial charge in [-0.3, -0.25) is 0 Å². The van der Waals surface area contributed by atoms with Crippen LogP contribution in [0.15, 0.2) is 0 Å². The van der Waals surface area contributed by atoms with Gasteiger partial charge in [0, 0.05) is 0 Å². The topological polar surface area (TPSA) is 9.23 Å². The second-order valence-corrected chi connectivity index (χ2v) is 8.70. The van der Waals surface area contributed by atoms with Gasteiger partial charge in [0.2, 0.25) is 0 Å². The van der Waals surface area contributed by atoms with E-state index in [1.165, 1.54) is 57.1 Å². The van der Waals surface area contributed by atoms with Crippen LogP contribution in [0.25, 0.3) is 0 Å². The van der Waals surface area contributed by atoms with Crippen LogP contribution in [-0.4, -0.2) is 26.5 Å². The Bertz CT molecular complexity index is 421. The van der Waals surface area contributed by atoms with Gasteiger partial charge in [0.1, 0.15) is 0 Å². The fourth-order valence-electron chi connectivity index (χ4n) is 3.62. The van der Waals surface area contributed by atoms with Crippen molar-refractivity contribution in [2.24, 2.45) is 0 Å². The molecule has 0 radical (unpaired) electrons. The van der Waals surface area contributed by atoms with E-state index in [4.69, 9.17) is 4.74 Å². The van der Waals surface area contributed by atoms with Gasteiger partial charge in [-0.1, -0.05) is 0 Å². The summed E-state index contributed by atoms with van der Waals surface area (Å²) in [5.74, 6) is 2.30. The Morgan fingerprint density at radius 2 is 1.88 bits per heavy atom. The number of fused-ring (bicyclic) bond motifs is 5. The molecule has 2 unspecified atom stereocenters. The maximum atomic E-state index is 6.31. The number of hydrogen-bond acceptors (Lipinski definition) is 1. The number of rotatable bonds is 0. The van der Waals surface area contributed by atoms with Crippen molar-refractivity contribution in [1.82, 2.24) is 0 Å². The fraction of sp³-hybridized carbons (Fsp3) is 0.714. The number of aryl methyl sites for hydroxylation is 1. The van der Waals surface area contributed by atoms with Crippen LogP contribution in [0.2, 0.25) is 0 Å². The second-order valence-electron chi connectivity index (χ2n) is 5.45. The van der Waals surface area contributed by atoms with Crippen LogP contribution in [0.3, 0.4) is 0 Å². The molecule has 3 aliphatic rings. The van der Waals surface area contributed by atoms with Crippen molar-refractivity contribution in [3.63, 3.8) is 0 Å². The normalized spacial score (nSPS) is 31.5. The molecule has 0 saturated heterocycles. The van der Waals surface area contributed by atoms with Crippen LogP contribution in [0.1, 0.15) is 57.2 Å². The summed E-state index contributed by atoms with van der Waals surface area (Å²) in [4.78, 5) is 0. The first-order valence-electron chi connectivity index (χ1n) is 6.74. The Morgan fingerprint density at radius 3 is 2.88 bits per heavy atom. The van der Waals surface area contributed by atoms with Gasteiger partial charge in [-0.15, -0.1) is 0 Å². The van der Waals surface area contributed by atoms with E-state index in [9.17, 15) is 0 Å². The Balaban J connectivity index is 1.78. The van der Waals surface area contributed by atoms with Gasteiger partial charge in [-0.05, 0) is 0 Å². The standard InChI is InChI=1S/C14H18OTe/c1-3-7-11-9(5-1)14-13(15-11)10-6-2-4-8-12(10)16-14/h9,11H,1-8H2.